The highest BCUT2D eigenvalue weighted by Crippen LogP contribution is 2.11. The molecule has 1 atom stereocenters. The van der Waals surface area contributed by atoms with Gasteiger partial charge < -0.3 is 10.2 Å². The maximum absolute atomic E-state index is 11.9. The second-order valence-electron chi connectivity index (χ2n) is 3.66. The normalized spacial score (nSPS) is 11.7. The second-order valence-corrected chi connectivity index (χ2v) is 3.66. The van der Waals surface area contributed by atoms with Crippen molar-refractivity contribution in [3.63, 3.8) is 0 Å². The highest BCUT2D eigenvalue weighted by atomic mass is 16.2. The van der Waals surface area contributed by atoms with Crippen molar-refractivity contribution in [1.82, 2.24) is 5.32 Å². The summed E-state index contributed by atoms with van der Waals surface area (Å²) >= 11 is 0. The van der Waals surface area contributed by atoms with Crippen LogP contribution < -0.4 is 10.2 Å². The molecule has 0 bridgehead atoms. The van der Waals surface area contributed by atoms with E-state index in [1.807, 2.05) is 30.3 Å². The number of carbonyl (C=O) groups is 2. The molecule has 2 amide bonds. The third-order valence-corrected chi connectivity index (χ3v) is 2.26. The monoisotopic (exact) mass is 220 g/mol. The molecule has 16 heavy (non-hydrogen) atoms. The lowest BCUT2D eigenvalue weighted by Gasteiger charge is -2.21. The molecule has 0 aliphatic heterocycles. The number of benzene rings is 1. The van der Waals surface area contributed by atoms with Gasteiger partial charge in [0.1, 0.15) is 6.04 Å². The van der Waals surface area contributed by atoms with E-state index in [1.54, 1.807) is 14.0 Å². The Balaban J connectivity index is 2.71. The first-order chi connectivity index (χ1) is 7.52. The molecule has 4 nitrogen and oxygen atoms in total. The summed E-state index contributed by atoms with van der Waals surface area (Å²) in [6.07, 6.45) is 0. The summed E-state index contributed by atoms with van der Waals surface area (Å²) in [4.78, 5) is 24.3. The fraction of sp³-hybridized carbons (Fsp3) is 0.333. The molecular formula is C12H16N2O2. The number of anilines is 1. The molecule has 0 radical (unpaired) electrons. The summed E-state index contributed by atoms with van der Waals surface area (Å²) < 4.78 is 0. The van der Waals surface area contributed by atoms with Crippen LogP contribution in [-0.4, -0.2) is 24.9 Å². The molecule has 0 spiro atoms. The maximum atomic E-state index is 11.9. The summed E-state index contributed by atoms with van der Waals surface area (Å²) in [7, 11) is 1.69. The van der Waals surface area contributed by atoms with Crippen LogP contribution >= 0.6 is 0 Å². The standard InChI is InChI=1S/C12H16N2O2/c1-9(13-10(2)15)12(16)14(3)11-7-5-4-6-8-11/h4-9H,1-3H3,(H,13,15). The summed E-state index contributed by atoms with van der Waals surface area (Å²) in [5.74, 6) is -0.344. The first-order valence-electron chi connectivity index (χ1n) is 5.12. The minimum atomic E-state index is -0.511. The van der Waals surface area contributed by atoms with Gasteiger partial charge in [-0.25, -0.2) is 0 Å². The van der Waals surface area contributed by atoms with Gasteiger partial charge in [0, 0.05) is 19.7 Å². The maximum Gasteiger partial charge on any atom is 0.249 e. The highest BCUT2D eigenvalue weighted by Gasteiger charge is 2.18. The van der Waals surface area contributed by atoms with Crippen molar-refractivity contribution in [2.45, 2.75) is 19.9 Å². The molecule has 1 aromatic rings. The van der Waals surface area contributed by atoms with E-state index >= 15 is 0 Å². The second kappa shape index (κ2) is 5.30. The van der Waals surface area contributed by atoms with E-state index in [2.05, 4.69) is 5.32 Å². The quantitative estimate of drug-likeness (QED) is 0.831. The number of carbonyl (C=O) groups excluding carboxylic acids is 2. The lowest BCUT2D eigenvalue weighted by atomic mass is 10.2. The molecule has 0 heterocycles. The average molecular weight is 220 g/mol. The number of likely N-dealkylation sites (N-methyl/N-ethyl adjacent to an activating group) is 1. The summed E-state index contributed by atoms with van der Waals surface area (Å²) in [6, 6.07) is 8.79. The number of nitrogens with one attached hydrogen (secondary N) is 1. The molecule has 1 unspecified atom stereocenters. The predicted molar refractivity (Wildman–Crippen MR) is 63.1 cm³/mol. The fourth-order valence-electron chi connectivity index (χ4n) is 1.44. The van der Waals surface area contributed by atoms with Crippen molar-refractivity contribution in [3.05, 3.63) is 30.3 Å². The van der Waals surface area contributed by atoms with E-state index in [-0.39, 0.29) is 11.8 Å². The lowest BCUT2D eigenvalue weighted by Crippen LogP contribution is -2.44. The van der Waals surface area contributed by atoms with Crippen LogP contribution in [0.1, 0.15) is 13.8 Å². The molecular weight excluding hydrogens is 204 g/mol. The largest absolute Gasteiger partial charge is 0.345 e. The Morgan fingerprint density at radius 1 is 1.25 bits per heavy atom. The van der Waals surface area contributed by atoms with Gasteiger partial charge in [-0.3, -0.25) is 9.59 Å². The van der Waals surface area contributed by atoms with Crippen LogP contribution in [-0.2, 0) is 9.59 Å². The molecule has 1 aromatic carbocycles. The number of amides is 2. The van der Waals surface area contributed by atoms with Gasteiger partial charge in [0.05, 0.1) is 0 Å². The molecule has 1 N–H and O–H groups in total. The number of hydrogen-bond donors (Lipinski definition) is 1. The van der Waals surface area contributed by atoms with Gasteiger partial charge in [-0.15, -0.1) is 0 Å². The van der Waals surface area contributed by atoms with E-state index in [0.717, 1.165) is 5.69 Å². The van der Waals surface area contributed by atoms with Gasteiger partial charge in [-0.05, 0) is 19.1 Å². The van der Waals surface area contributed by atoms with Crippen molar-refractivity contribution >= 4 is 17.5 Å². The first kappa shape index (κ1) is 12.2. The summed E-state index contributed by atoms with van der Waals surface area (Å²) in [6.45, 7) is 3.06. The Kier molecular flexibility index (Phi) is 4.05. The van der Waals surface area contributed by atoms with Crippen LogP contribution in [0.3, 0.4) is 0 Å². The Hall–Kier alpha value is -1.84. The molecule has 0 saturated carbocycles. The minimum absolute atomic E-state index is 0.138. The summed E-state index contributed by atoms with van der Waals surface area (Å²) in [5, 5.41) is 2.56. The minimum Gasteiger partial charge on any atom is -0.345 e. The molecule has 86 valence electrons. The highest BCUT2D eigenvalue weighted by molar-refractivity contribution is 5.98. The van der Waals surface area contributed by atoms with Crippen LogP contribution in [0, 0.1) is 0 Å². The third-order valence-electron chi connectivity index (χ3n) is 2.26. The Morgan fingerprint density at radius 3 is 2.31 bits per heavy atom. The molecule has 4 heteroatoms. The average Bonchev–Trinajstić information content (AvgIpc) is 2.27. The van der Waals surface area contributed by atoms with Crippen molar-refractivity contribution in [2.24, 2.45) is 0 Å². The van der Waals surface area contributed by atoms with Crippen molar-refractivity contribution in [3.8, 4) is 0 Å². The first-order valence-corrected chi connectivity index (χ1v) is 5.12. The Labute approximate surface area is 95.3 Å². The molecule has 0 aliphatic rings. The van der Waals surface area contributed by atoms with Gasteiger partial charge in [0.2, 0.25) is 11.8 Å². The van der Waals surface area contributed by atoms with Gasteiger partial charge in [0.15, 0.2) is 0 Å². The Bertz CT molecular complexity index is 376. The van der Waals surface area contributed by atoms with Crippen LogP contribution in [0.2, 0.25) is 0 Å². The smallest absolute Gasteiger partial charge is 0.249 e. The summed E-state index contributed by atoms with van der Waals surface area (Å²) in [5.41, 5.74) is 0.810. The lowest BCUT2D eigenvalue weighted by molar-refractivity contribution is -0.125. The van der Waals surface area contributed by atoms with E-state index in [9.17, 15) is 9.59 Å². The third kappa shape index (κ3) is 3.08. The molecule has 0 saturated heterocycles. The van der Waals surface area contributed by atoms with Gasteiger partial charge in [-0.2, -0.15) is 0 Å². The topological polar surface area (TPSA) is 49.4 Å². The van der Waals surface area contributed by atoms with Gasteiger partial charge >= 0.3 is 0 Å². The van der Waals surface area contributed by atoms with Gasteiger partial charge in [-0.1, -0.05) is 18.2 Å². The zero-order chi connectivity index (χ0) is 12.1. The van der Waals surface area contributed by atoms with Gasteiger partial charge in [0.25, 0.3) is 0 Å². The Morgan fingerprint density at radius 2 is 1.81 bits per heavy atom. The molecule has 0 fully saturated rings. The van der Waals surface area contributed by atoms with Crippen LogP contribution in [0.4, 0.5) is 5.69 Å². The van der Waals surface area contributed by atoms with E-state index in [4.69, 9.17) is 0 Å². The predicted octanol–water partition coefficient (Wildman–Crippen LogP) is 1.17. The van der Waals surface area contributed by atoms with E-state index in [0.29, 0.717) is 0 Å². The molecule has 0 aromatic heterocycles. The van der Waals surface area contributed by atoms with Crippen LogP contribution in [0.15, 0.2) is 30.3 Å². The number of nitrogens with zero attached hydrogens (tertiary/aromatic N) is 1. The zero-order valence-corrected chi connectivity index (χ0v) is 9.73. The fourth-order valence-corrected chi connectivity index (χ4v) is 1.44. The number of rotatable bonds is 3. The zero-order valence-electron chi connectivity index (χ0n) is 9.73. The van der Waals surface area contributed by atoms with Crippen molar-refractivity contribution < 1.29 is 9.59 Å². The van der Waals surface area contributed by atoms with Crippen LogP contribution in [0.5, 0.6) is 0 Å². The number of hydrogen-bond acceptors (Lipinski definition) is 2. The van der Waals surface area contributed by atoms with Crippen molar-refractivity contribution in [1.29, 1.82) is 0 Å². The number of para-hydroxylation sites is 1. The van der Waals surface area contributed by atoms with Crippen molar-refractivity contribution in [2.75, 3.05) is 11.9 Å². The van der Waals surface area contributed by atoms with Crippen LogP contribution in [0.25, 0.3) is 0 Å². The SMILES string of the molecule is CC(=O)NC(C)C(=O)N(C)c1ccccc1. The van der Waals surface area contributed by atoms with E-state index in [1.165, 1.54) is 11.8 Å². The van der Waals surface area contributed by atoms with E-state index < -0.39 is 6.04 Å². The molecule has 1 rings (SSSR count). The molecule has 0 aliphatic carbocycles.